The molecule has 3 heteroatoms. The van der Waals surface area contributed by atoms with E-state index >= 15 is 0 Å². The number of allylic oxidation sites excluding steroid dienone is 1. The summed E-state index contributed by atoms with van der Waals surface area (Å²) in [6.07, 6.45) is 2.21. The maximum absolute atomic E-state index is 7.26. The van der Waals surface area contributed by atoms with E-state index in [1.54, 1.807) is 0 Å². The number of para-hydroxylation sites is 2. The van der Waals surface area contributed by atoms with Crippen molar-refractivity contribution in [2.75, 3.05) is 5.73 Å². The van der Waals surface area contributed by atoms with Crippen LogP contribution in [0.5, 0.6) is 0 Å². The number of nitrogens with zero attached hydrogens (tertiary/aromatic N) is 1. The van der Waals surface area contributed by atoms with Gasteiger partial charge in [0, 0.05) is 32.8 Å². The Labute approximate surface area is 301 Å². The Morgan fingerprint density at radius 1 is 0.538 bits per heavy atom. The molecule has 0 amide bonds. The monoisotopic (exact) mass is 666 g/mol. The molecule has 2 N–H and O–H groups in total. The van der Waals surface area contributed by atoms with Crippen LogP contribution >= 0.6 is 0 Å². The second-order valence-corrected chi connectivity index (χ2v) is 13.4. The van der Waals surface area contributed by atoms with E-state index in [-0.39, 0.29) is 0 Å². The summed E-state index contributed by atoms with van der Waals surface area (Å²) in [6.45, 7) is 2.12. The van der Waals surface area contributed by atoms with Gasteiger partial charge in [0.05, 0.1) is 16.7 Å². The van der Waals surface area contributed by atoms with E-state index in [1.807, 2.05) is 0 Å². The Balaban J connectivity index is 1.32. The fraction of sp³-hybridized carbons (Fsp3) is 0.0204. The maximum Gasteiger partial charge on any atom is 0.158 e. The van der Waals surface area contributed by atoms with Gasteiger partial charge in [0.2, 0.25) is 0 Å². The largest absolute Gasteiger partial charge is 0.454 e. The standard InChI is InChI=1S/C49H34N2O/c1-2-34(31-15-5-3-6-16-31)36-21-11-12-22-37(36)42-30-45-43(38-23-13-14-24-44(38)51(45)33-18-7-4-8-19-33)29-41(42)39-26-27-40-47-35-20-10-9-17-32(35)25-28-46(47)52-49(40)48(39)50/h2-30H,50H2,1H3/b34-2-. The fourth-order valence-corrected chi connectivity index (χ4v) is 8.23. The number of hydrogen-bond donors (Lipinski definition) is 1. The number of furan rings is 1. The molecule has 0 saturated carbocycles. The van der Waals surface area contributed by atoms with Gasteiger partial charge in [-0.2, -0.15) is 0 Å². The van der Waals surface area contributed by atoms with Crippen molar-refractivity contribution in [3.05, 3.63) is 187 Å². The molecule has 0 bridgehead atoms. The summed E-state index contributed by atoms with van der Waals surface area (Å²) in [7, 11) is 0. The first-order valence-corrected chi connectivity index (χ1v) is 17.8. The average molecular weight is 667 g/mol. The highest BCUT2D eigenvalue weighted by molar-refractivity contribution is 6.22. The predicted molar refractivity (Wildman–Crippen MR) is 220 cm³/mol. The smallest absolute Gasteiger partial charge is 0.158 e. The molecule has 3 nitrogen and oxygen atoms in total. The molecule has 8 aromatic carbocycles. The van der Waals surface area contributed by atoms with Crippen molar-refractivity contribution < 1.29 is 4.42 Å². The van der Waals surface area contributed by atoms with E-state index in [0.29, 0.717) is 11.3 Å². The van der Waals surface area contributed by atoms with Gasteiger partial charge in [0.15, 0.2) is 5.58 Å². The van der Waals surface area contributed by atoms with Gasteiger partial charge in [-0.15, -0.1) is 0 Å². The maximum atomic E-state index is 7.26. The zero-order chi connectivity index (χ0) is 34.8. The van der Waals surface area contributed by atoms with E-state index in [9.17, 15) is 0 Å². The average Bonchev–Trinajstić information content (AvgIpc) is 3.75. The second-order valence-electron chi connectivity index (χ2n) is 13.4. The molecule has 0 aliphatic carbocycles. The van der Waals surface area contributed by atoms with Crippen LogP contribution in [-0.4, -0.2) is 4.57 Å². The summed E-state index contributed by atoms with van der Waals surface area (Å²) in [5.74, 6) is 0. The topological polar surface area (TPSA) is 44.1 Å². The highest BCUT2D eigenvalue weighted by atomic mass is 16.3. The van der Waals surface area contributed by atoms with Crippen molar-refractivity contribution in [3.8, 4) is 27.9 Å². The Morgan fingerprint density at radius 3 is 2.06 bits per heavy atom. The van der Waals surface area contributed by atoms with Crippen molar-refractivity contribution in [3.63, 3.8) is 0 Å². The zero-order valence-corrected chi connectivity index (χ0v) is 28.7. The van der Waals surface area contributed by atoms with E-state index in [1.165, 1.54) is 27.3 Å². The molecule has 0 fully saturated rings. The van der Waals surface area contributed by atoms with Crippen molar-refractivity contribution in [1.29, 1.82) is 0 Å². The minimum atomic E-state index is 0.636. The molecule has 0 radical (unpaired) electrons. The van der Waals surface area contributed by atoms with Crippen molar-refractivity contribution >= 4 is 65.8 Å². The summed E-state index contributed by atoms with van der Waals surface area (Å²) in [6, 6.07) is 60.4. The molecule has 0 aliphatic rings. The van der Waals surface area contributed by atoms with E-state index < -0.39 is 0 Å². The molecule has 2 heterocycles. The van der Waals surface area contributed by atoms with Crippen LogP contribution in [0.2, 0.25) is 0 Å². The van der Waals surface area contributed by atoms with Crippen LogP contribution in [0.4, 0.5) is 5.69 Å². The van der Waals surface area contributed by atoms with Gasteiger partial charge in [0.25, 0.3) is 0 Å². The Morgan fingerprint density at radius 2 is 1.23 bits per heavy atom. The van der Waals surface area contributed by atoms with Gasteiger partial charge in [-0.3, -0.25) is 0 Å². The molecule has 52 heavy (non-hydrogen) atoms. The van der Waals surface area contributed by atoms with Crippen LogP contribution in [0.3, 0.4) is 0 Å². The lowest BCUT2D eigenvalue weighted by atomic mass is 9.86. The first kappa shape index (κ1) is 30.0. The summed E-state index contributed by atoms with van der Waals surface area (Å²) in [5.41, 5.74) is 20.6. The Kier molecular flexibility index (Phi) is 6.87. The normalized spacial score (nSPS) is 12.1. The van der Waals surface area contributed by atoms with Gasteiger partial charge in [-0.1, -0.05) is 133 Å². The van der Waals surface area contributed by atoms with Gasteiger partial charge in [-0.25, -0.2) is 0 Å². The number of nitrogens with two attached hydrogens (primary N) is 1. The van der Waals surface area contributed by atoms with Crippen molar-refractivity contribution in [2.24, 2.45) is 0 Å². The number of anilines is 1. The summed E-state index contributed by atoms with van der Waals surface area (Å²) in [5, 5.41) is 6.82. The minimum Gasteiger partial charge on any atom is -0.454 e. The summed E-state index contributed by atoms with van der Waals surface area (Å²) >= 11 is 0. The van der Waals surface area contributed by atoms with Crippen molar-refractivity contribution in [1.82, 2.24) is 4.57 Å². The zero-order valence-electron chi connectivity index (χ0n) is 28.7. The summed E-state index contributed by atoms with van der Waals surface area (Å²) in [4.78, 5) is 0. The minimum absolute atomic E-state index is 0.636. The predicted octanol–water partition coefficient (Wildman–Crippen LogP) is 13.2. The van der Waals surface area contributed by atoms with Crippen LogP contribution in [0.25, 0.3) is 88.0 Å². The molecule has 0 saturated heterocycles. The highest BCUT2D eigenvalue weighted by Gasteiger charge is 2.23. The first-order chi connectivity index (χ1) is 25.7. The van der Waals surface area contributed by atoms with Gasteiger partial charge in [0.1, 0.15) is 5.58 Å². The third kappa shape index (κ3) is 4.53. The van der Waals surface area contributed by atoms with E-state index in [4.69, 9.17) is 10.2 Å². The molecule has 0 atom stereocenters. The number of aromatic nitrogens is 1. The molecule has 246 valence electrons. The molecule has 0 unspecified atom stereocenters. The second kappa shape index (κ2) is 11.9. The lowest BCUT2D eigenvalue weighted by Gasteiger charge is -2.19. The van der Waals surface area contributed by atoms with Gasteiger partial charge in [-0.05, 0) is 93.6 Å². The lowest BCUT2D eigenvalue weighted by molar-refractivity contribution is 0.671. The molecular weight excluding hydrogens is 633 g/mol. The van der Waals surface area contributed by atoms with Crippen LogP contribution in [0.1, 0.15) is 18.1 Å². The number of benzene rings is 8. The molecule has 0 aliphatic heterocycles. The Bertz CT molecular complexity index is 3020. The molecule has 10 rings (SSSR count). The summed E-state index contributed by atoms with van der Waals surface area (Å²) < 4.78 is 9.00. The SMILES string of the molecule is C/C=C(/c1ccccc1)c1ccccc1-c1cc2c(cc1-c1ccc3c(oc4ccc5ccccc5c43)c1N)c1ccccc1n2-c1ccccc1. The van der Waals surface area contributed by atoms with E-state index in [0.717, 1.165) is 66.3 Å². The van der Waals surface area contributed by atoms with Crippen LogP contribution < -0.4 is 5.73 Å². The Hall–Kier alpha value is -6.84. The molecular formula is C49H34N2O. The van der Waals surface area contributed by atoms with Gasteiger partial charge >= 0.3 is 0 Å². The molecule has 0 spiro atoms. The van der Waals surface area contributed by atoms with Crippen LogP contribution in [-0.2, 0) is 0 Å². The van der Waals surface area contributed by atoms with Crippen molar-refractivity contribution in [2.45, 2.75) is 6.92 Å². The number of hydrogen-bond acceptors (Lipinski definition) is 2. The quantitative estimate of drug-likeness (QED) is 0.186. The molecule has 2 aromatic heterocycles. The van der Waals surface area contributed by atoms with Gasteiger partial charge < -0.3 is 14.7 Å². The van der Waals surface area contributed by atoms with E-state index in [2.05, 4.69) is 187 Å². The fourth-order valence-electron chi connectivity index (χ4n) is 8.23. The third-order valence-corrected chi connectivity index (χ3v) is 10.6. The lowest BCUT2D eigenvalue weighted by Crippen LogP contribution is -1.98. The van der Waals surface area contributed by atoms with Crippen LogP contribution in [0.15, 0.2) is 180 Å². The highest BCUT2D eigenvalue weighted by Crippen LogP contribution is 2.47. The first-order valence-electron chi connectivity index (χ1n) is 17.8. The third-order valence-electron chi connectivity index (χ3n) is 10.6. The molecule has 10 aromatic rings. The number of nitrogen functional groups attached to an aromatic ring is 1. The number of rotatable bonds is 5. The number of fused-ring (bicyclic) bond motifs is 8. The van der Waals surface area contributed by atoms with Crippen LogP contribution in [0, 0.1) is 0 Å².